The Bertz CT molecular complexity index is 904. The number of hydrogen-bond donors (Lipinski definition) is 1. The first-order valence-electron chi connectivity index (χ1n) is 8.40. The monoisotopic (exact) mass is 383 g/mol. The summed E-state index contributed by atoms with van der Waals surface area (Å²) in [6, 6.07) is 22.5. The summed E-state index contributed by atoms with van der Waals surface area (Å²) in [5, 5.41) is 12.5. The van der Waals surface area contributed by atoms with Crippen molar-refractivity contribution in [2.24, 2.45) is 4.99 Å². The number of benzene rings is 3. The van der Waals surface area contributed by atoms with Crippen LogP contribution in [-0.2, 0) is 5.60 Å². The Labute approximate surface area is 163 Å². The van der Waals surface area contributed by atoms with E-state index in [1.165, 1.54) is 0 Å². The minimum atomic E-state index is -1.11. The van der Waals surface area contributed by atoms with E-state index in [2.05, 4.69) is 4.99 Å². The quantitative estimate of drug-likeness (QED) is 0.508. The van der Waals surface area contributed by atoms with Crippen LogP contribution in [0.25, 0.3) is 0 Å². The number of rotatable bonds is 5. The van der Waals surface area contributed by atoms with Crippen molar-refractivity contribution in [3.63, 3.8) is 0 Å². The van der Waals surface area contributed by atoms with Crippen LogP contribution in [0, 0.1) is 0 Å². The van der Waals surface area contributed by atoms with Crippen molar-refractivity contribution < 1.29 is 5.11 Å². The van der Waals surface area contributed by atoms with Gasteiger partial charge in [0.15, 0.2) is 0 Å². The first-order chi connectivity index (χ1) is 12.5. The first-order valence-corrected chi connectivity index (χ1v) is 9.16. The zero-order valence-corrected chi connectivity index (χ0v) is 15.9. The highest BCUT2D eigenvalue weighted by Gasteiger charge is 2.31. The van der Waals surface area contributed by atoms with Gasteiger partial charge in [0.2, 0.25) is 0 Å². The fourth-order valence-electron chi connectivity index (χ4n) is 2.99. The zero-order valence-electron chi connectivity index (χ0n) is 14.4. The van der Waals surface area contributed by atoms with Crippen LogP contribution in [0.1, 0.15) is 30.0 Å². The minimum Gasteiger partial charge on any atom is -0.380 e. The van der Waals surface area contributed by atoms with Gasteiger partial charge < -0.3 is 5.11 Å². The van der Waals surface area contributed by atoms with Gasteiger partial charge >= 0.3 is 0 Å². The second-order valence-electron chi connectivity index (χ2n) is 6.06. The smallest absolute Gasteiger partial charge is 0.116 e. The van der Waals surface area contributed by atoms with Crippen molar-refractivity contribution in [2.75, 3.05) is 0 Å². The van der Waals surface area contributed by atoms with Crippen LogP contribution in [0.4, 0.5) is 5.69 Å². The van der Waals surface area contributed by atoms with E-state index >= 15 is 0 Å². The largest absolute Gasteiger partial charge is 0.380 e. The molecule has 0 aliphatic carbocycles. The molecule has 0 aromatic heterocycles. The van der Waals surface area contributed by atoms with E-state index in [1.54, 1.807) is 24.4 Å². The highest BCUT2D eigenvalue weighted by molar-refractivity contribution is 6.35. The average Bonchev–Trinajstić information content (AvgIpc) is 2.66. The highest BCUT2D eigenvalue weighted by atomic mass is 35.5. The number of aliphatic imine (C=N–C) groups is 1. The maximum absolute atomic E-state index is 11.4. The fourth-order valence-corrected chi connectivity index (χ4v) is 3.54. The Morgan fingerprint density at radius 1 is 0.923 bits per heavy atom. The molecule has 0 heterocycles. The molecule has 3 aromatic carbocycles. The summed E-state index contributed by atoms with van der Waals surface area (Å²) in [5.74, 6) is 0. The summed E-state index contributed by atoms with van der Waals surface area (Å²) in [4.78, 5) is 4.60. The number of nitrogens with zero attached hydrogens (tertiary/aromatic N) is 1. The van der Waals surface area contributed by atoms with E-state index in [4.69, 9.17) is 23.2 Å². The molecule has 4 heteroatoms. The second-order valence-corrected chi connectivity index (χ2v) is 6.93. The Balaban J connectivity index is 2.04. The normalized spacial score (nSPS) is 13.7. The molecule has 26 heavy (non-hydrogen) atoms. The number of hydrogen-bond acceptors (Lipinski definition) is 2. The van der Waals surface area contributed by atoms with Crippen LogP contribution in [-0.4, -0.2) is 11.3 Å². The van der Waals surface area contributed by atoms with Crippen molar-refractivity contribution in [1.29, 1.82) is 0 Å². The molecule has 1 unspecified atom stereocenters. The van der Waals surface area contributed by atoms with Crippen LogP contribution in [0.5, 0.6) is 0 Å². The lowest BCUT2D eigenvalue weighted by molar-refractivity contribution is 0.0771. The predicted molar refractivity (Wildman–Crippen MR) is 110 cm³/mol. The average molecular weight is 384 g/mol. The maximum Gasteiger partial charge on any atom is 0.116 e. The summed E-state index contributed by atoms with van der Waals surface area (Å²) in [7, 11) is 0. The highest BCUT2D eigenvalue weighted by Crippen LogP contribution is 2.38. The molecule has 0 fully saturated rings. The van der Waals surface area contributed by atoms with E-state index in [-0.39, 0.29) is 0 Å². The van der Waals surface area contributed by atoms with Crippen LogP contribution in [0.3, 0.4) is 0 Å². The lowest BCUT2D eigenvalue weighted by Crippen LogP contribution is -2.26. The molecular formula is C22H19Cl2NO. The third-order valence-electron chi connectivity index (χ3n) is 4.35. The molecule has 0 radical (unpaired) electrons. The molecule has 2 nitrogen and oxygen atoms in total. The molecule has 0 saturated carbocycles. The maximum atomic E-state index is 11.4. The summed E-state index contributed by atoms with van der Waals surface area (Å²) < 4.78 is 0. The van der Waals surface area contributed by atoms with Gasteiger partial charge in [-0.3, -0.25) is 4.99 Å². The standard InChI is InChI=1S/C22H19Cl2NO/c1-2-22(26,17-8-4-3-5-9-17)20-10-6-7-11-21(20)25-15-16-12-18(23)14-19(24)13-16/h3-15,26H,2H2,1H3. The molecule has 1 N–H and O–H groups in total. The SMILES string of the molecule is CCC(O)(c1ccccc1)c1ccccc1N=Cc1cc(Cl)cc(Cl)c1. The molecule has 0 saturated heterocycles. The fraction of sp³-hybridized carbons (Fsp3) is 0.136. The molecular weight excluding hydrogens is 365 g/mol. The van der Waals surface area contributed by atoms with Gasteiger partial charge in [0.05, 0.1) is 5.69 Å². The lowest BCUT2D eigenvalue weighted by atomic mass is 9.83. The summed E-state index contributed by atoms with van der Waals surface area (Å²) in [6.45, 7) is 1.96. The molecule has 0 bridgehead atoms. The van der Waals surface area contributed by atoms with E-state index in [0.29, 0.717) is 22.2 Å². The van der Waals surface area contributed by atoms with Gasteiger partial charge in [-0.2, -0.15) is 0 Å². The third-order valence-corrected chi connectivity index (χ3v) is 4.79. The Kier molecular flexibility index (Phi) is 5.77. The molecule has 3 aromatic rings. The molecule has 132 valence electrons. The Hall–Kier alpha value is -2.13. The van der Waals surface area contributed by atoms with Crippen molar-refractivity contribution in [3.8, 4) is 0 Å². The van der Waals surface area contributed by atoms with Crippen molar-refractivity contribution in [2.45, 2.75) is 18.9 Å². The summed E-state index contributed by atoms with van der Waals surface area (Å²) >= 11 is 12.1. The van der Waals surface area contributed by atoms with Gasteiger partial charge in [-0.25, -0.2) is 0 Å². The molecule has 0 aliphatic rings. The van der Waals surface area contributed by atoms with Gasteiger partial charge in [0.25, 0.3) is 0 Å². The van der Waals surface area contributed by atoms with E-state index < -0.39 is 5.60 Å². The molecule has 0 amide bonds. The van der Waals surface area contributed by atoms with E-state index in [1.807, 2.05) is 61.5 Å². The zero-order chi connectivity index (χ0) is 18.6. The topological polar surface area (TPSA) is 32.6 Å². The van der Waals surface area contributed by atoms with Gasteiger partial charge in [0, 0.05) is 21.8 Å². The van der Waals surface area contributed by atoms with Crippen molar-refractivity contribution >= 4 is 35.1 Å². The molecule has 1 atom stereocenters. The predicted octanol–water partition coefficient (Wildman–Crippen LogP) is 6.39. The molecule has 3 rings (SSSR count). The molecule has 0 aliphatic heterocycles. The van der Waals surface area contributed by atoms with Crippen molar-refractivity contribution in [3.05, 3.63) is 99.5 Å². The van der Waals surface area contributed by atoms with Gasteiger partial charge in [0.1, 0.15) is 5.60 Å². The summed E-state index contributed by atoms with van der Waals surface area (Å²) in [6.07, 6.45) is 2.24. The summed E-state index contributed by atoms with van der Waals surface area (Å²) in [5.41, 5.74) is 2.00. The van der Waals surface area contributed by atoms with E-state index in [9.17, 15) is 5.11 Å². The van der Waals surface area contributed by atoms with Gasteiger partial charge in [-0.05, 0) is 41.8 Å². The van der Waals surface area contributed by atoms with E-state index in [0.717, 1.165) is 16.7 Å². The van der Waals surface area contributed by atoms with Crippen molar-refractivity contribution in [1.82, 2.24) is 0 Å². The van der Waals surface area contributed by atoms with Crippen LogP contribution < -0.4 is 0 Å². The van der Waals surface area contributed by atoms with Crippen LogP contribution in [0.2, 0.25) is 10.0 Å². The first kappa shape index (κ1) is 18.7. The second kappa shape index (κ2) is 8.05. The van der Waals surface area contributed by atoms with Crippen LogP contribution >= 0.6 is 23.2 Å². The minimum absolute atomic E-state index is 0.534. The number of aliphatic hydroxyl groups is 1. The lowest BCUT2D eigenvalue weighted by Gasteiger charge is -2.29. The van der Waals surface area contributed by atoms with Gasteiger partial charge in [-0.15, -0.1) is 0 Å². The number of para-hydroxylation sites is 1. The number of halogens is 2. The Morgan fingerprint density at radius 2 is 1.54 bits per heavy atom. The Morgan fingerprint density at radius 3 is 2.19 bits per heavy atom. The third kappa shape index (κ3) is 3.99. The molecule has 0 spiro atoms. The van der Waals surface area contributed by atoms with Gasteiger partial charge in [-0.1, -0.05) is 78.7 Å². The van der Waals surface area contributed by atoms with Crippen LogP contribution in [0.15, 0.2) is 77.8 Å².